The number of para-hydroxylation sites is 1. The minimum absolute atomic E-state index is 0.938. The highest BCUT2D eigenvalue weighted by molar-refractivity contribution is 5.60. The van der Waals surface area contributed by atoms with Crippen LogP contribution in [0.2, 0.25) is 0 Å². The molecule has 108 valence electrons. The normalized spacial score (nSPS) is 12.6. The molecule has 22 heavy (non-hydrogen) atoms. The van der Waals surface area contributed by atoms with Crippen molar-refractivity contribution in [1.82, 2.24) is 9.55 Å². The standard InChI is InChI=1S/C20H18N2/c1-3-11-19-18(4-2)21-20(16-12-7-5-8-13-16)22(19)17-14-9-6-10-15-17/h3-15H,1H2,2H3/b18-4+,19-11+. The zero-order chi connectivity index (χ0) is 15.4. The third-order valence-electron chi connectivity index (χ3n) is 3.54. The van der Waals surface area contributed by atoms with E-state index in [0.29, 0.717) is 0 Å². The summed E-state index contributed by atoms with van der Waals surface area (Å²) < 4.78 is 2.17. The van der Waals surface area contributed by atoms with E-state index < -0.39 is 0 Å². The predicted molar refractivity (Wildman–Crippen MR) is 93.1 cm³/mol. The Morgan fingerprint density at radius 1 is 0.955 bits per heavy atom. The molecule has 3 aromatic rings. The molecule has 0 fully saturated rings. The summed E-state index contributed by atoms with van der Waals surface area (Å²) in [4.78, 5) is 4.82. The highest BCUT2D eigenvalue weighted by Crippen LogP contribution is 2.17. The highest BCUT2D eigenvalue weighted by Gasteiger charge is 2.10. The van der Waals surface area contributed by atoms with Gasteiger partial charge in [0.1, 0.15) is 5.82 Å². The Balaban J connectivity index is 2.42. The summed E-state index contributed by atoms with van der Waals surface area (Å²) in [6, 6.07) is 20.5. The zero-order valence-corrected chi connectivity index (χ0v) is 12.6. The Kier molecular flexibility index (Phi) is 4.01. The molecule has 2 nitrogen and oxygen atoms in total. The molecular formula is C20H18N2. The van der Waals surface area contributed by atoms with Crippen molar-refractivity contribution in [2.45, 2.75) is 6.92 Å². The van der Waals surface area contributed by atoms with Gasteiger partial charge in [-0.05, 0) is 25.1 Å². The van der Waals surface area contributed by atoms with Crippen molar-refractivity contribution in [2.24, 2.45) is 0 Å². The van der Waals surface area contributed by atoms with Gasteiger partial charge in [-0.3, -0.25) is 4.57 Å². The van der Waals surface area contributed by atoms with Crippen LogP contribution >= 0.6 is 0 Å². The van der Waals surface area contributed by atoms with Gasteiger partial charge in [-0.1, -0.05) is 67.3 Å². The maximum atomic E-state index is 4.82. The molecule has 1 aromatic heterocycles. The Bertz CT molecular complexity index is 888. The Morgan fingerprint density at radius 2 is 1.59 bits per heavy atom. The number of allylic oxidation sites excluding steroid dienone is 1. The lowest BCUT2D eigenvalue weighted by atomic mass is 10.2. The Morgan fingerprint density at radius 3 is 2.18 bits per heavy atom. The second-order valence-corrected chi connectivity index (χ2v) is 4.93. The van der Waals surface area contributed by atoms with Crippen LogP contribution in [0.5, 0.6) is 0 Å². The van der Waals surface area contributed by atoms with Gasteiger partial charge in [0.25, 0.3) is 0 Å². The van der Waals surface area contributed by atoms with Crippen molar-refractivity contribution < 1.29 is 0 Å². The lowest BCUT2D eigenvalue weighted by Crippen LogP contribution is -2.28. The van der Waals surface area contributed by atoms with Gasteiger partial charge in [-0.15, -0.1) is 0 Å². The maximum absolute atomic E-state index is 4.82. The summed E-state index contributed by atoms with van der Waals surface area (Å²) in [5.41, 5.74) is 2.19. The van der Waals surface area contributed by atoms with Crippen LogP contribution in [0.3, 0.4) is 0 Å². The van der Waals surface area contributed by atoms with Crippen molar-refractivity contribution in [3.8, 4) is 17.1 Å². The lowest BCUT2D eigenvalue weighted by Gasteiger charge is -2.08. The van der Waals surface area contributed by atoms with E-state index in [0.717, 1.165) is 27.8 Å². The van der Waals surface area contributed by atoms with Crippen LogP contribution in [0.25, 0.3) is 29.2 Å². The predicted octanol–water partition coefficient (Wildman–Crippen LogP) is 3.31. The molecule has 0 atom stereocenters. The van der Waals surface area contributed by atoms with E-state index in [2.05, 4.69) is 35.4 Å². The molecule has 0 aliphatic heterocycles. The molecule has 0 saturated carbocycles. The van der Waals surface area contributed by atoms with Gasteiger partial charge < -0.3 is 0 Å². The van der Waals surface area contributed by atoms with Gasteiger partial charge in [0.2, 0.25) is 0 Å². The van der Waals surface area contributed by atoms with Crippen molar-refractivity contribution in [3.63, 3.8) is 0 Å². The fraction of sp³-hybridized carbons (Fsp3) is 0.0500. The number of aromatic nitrogens is 2. The quantitative estimate of drug-likeness (QED) is 0.722. The fourth-order valence-corrected chi connectivity index (χ4v) is 2.55. The van der Waals surface area contributed by atoms with E-state index >= 15 is 0 Å². The second-order valence-electron chi connectivity index (χ2n) is 4.93. The minimum Gasteiger partial charge on any atom is -0.292 e. The molecular weight excluding hydrogens is 268 g/mol. The largest absolute Gasteiger partial charge is 0.292 e. The van der Waals surface area contributed by atoms with Gasteiger partial charge in [0, 0.05) is 11.3 Å². The van der Waals surface area contributed by atoms with E-state index in [9.17, 15) is 0 Å². The first-order chi connectivity index (χ1) is 10.8. The number of imidazole rings is 1. The maximum Gasteiger partial charge on any atom is 0.145 e. The summed E-state index contributed by atoms with van der Waals surface area (Å²) in [6.07, 6.45) is 5.83. The van der Waals surface area contributed by atoms with Crippen LogP contribution in [0.15, 0.2) is 73.3 Å². The third-order valence-corrected chi connectivity index (χ3v) is 3.54. The minimum atomic E-state index is 0.938. The molecule has 0 unspecified atom stereocenters. The van der Waals surface area contributed by atoms with Gasteiger partial charge in [-0.2, -0.15) is 0 Å². The highest BCUT2D eigenvalue weighted by atomic mass is 15.1. The van der Waals surface area contributed by atoms with Crippen molar-refractivity contribution in [2.75, 3.05) is 0 Å². The van der Waals surface area contributed by atoms with Crippen LogP contribution in [0.1, 0.15) is 6.92 Å². The molecule has 0 amide bonds. The summed E-state index contributed by atoms with van der Waals surface area (Å²) in [5.74, 6) is 0.938. The fourth-order valence-electron chi connectivity index (χ4n) is 2.55. The number of rotatable bonds is 3. The third kappa shape index (κ3) is 2.51. The molecule has 2 heteroatoms. The summed E-state index contributed by atoms with van der Waals surface area (Å²) in [5, 5.41) is 2.00. The zero-order valence-electron chi connectivity index (χ0n) is 12.6. The average Bonchev–Trinajstić information content (AvgIpc) is 2.95. The SMILES string of the molecule is C=C/C=c1\c(=C/C)nc(-c2ccccc2)n1-c1ccccc1. The Hall–Kier alpha value is -2.87. The number of benzene rings is 2. The molecule has 2 aromatic carbocycles. The monoisotopic (exact) mass is 286 g/mol. The molecule has 0 aliphatic rings. The molecule has 0 aliphatic carbocycles. The van der Waals surface area contributed by atoms with Crippen molar-refractivity contribution in [3.05, 3.63) is 84.0 Å². The molecule has 3 rings (SSSR count). The van der Waals surface area contributed by atoms with E-state index in [-0.39, 0.29) is 0 Å². The number of nitrogens with zero attached hydrogens (tertiary/aromatic N) is 2. The van der Waals surface area contributed by atoms with E-state index in [1.54, 1.807) is 6.08 Å². The lowest BCUT2D eigenvalue weighted by molar-refractivity contribution is 1.03. The first-order valence-electron chi connectivity index (χ1n) is 7.34. The van der Waals surface area contributed by atoms with Crippen LogP contribution in [0, 0.1) is 0 Å². The summed E-state index contributed by atoms with van der Waals surface area (Å²) in [7, 11) is 0. The first kappa shape index (κ1) is 14.1. The molecule has 0 radical (unpaired) electrons. The Labute approximate surface area is 130 Å². The van der Waals surface area contributed by atoms with Crippen molar-refractivity contribution >= 4 is 12.2 Å². The van der Waals surface area contributed by atoms with Gasteiger partial charge in [0.05, 0.1) is 10.7 Å². The van der Waals surface area contributed by atoms with Gasteiger partial charge >= 0.3 is 0 Å². The number of hydrogen-bond donors (Lipinski definition) is 0. The summed E-state index contributed by atoms with van der Waals surface area (Å²) >= 11 is 0. The second kappa shape index (κ2) is 6.27. The number of hydrogen-bond acceptors (Lipinski definition) is 1. The van der Waals surface area contributed by atoms with Crippen LogP contribution in [0.4, 0.5) is 0 Å². The van der Waals surface area contributed by atoms with Crippen LogP contribution in [-0.4, -0.2) is 9.55 Å². The molecule has 1 heterocycles. The van der Waals surface area contributed by atoms with Crippen LogP contribution in [-0.2, 0) is 0 Å². The van der Waals surface area contributed by atoms with Crippen molar-refractivity contribution in [1.29, 1.82) is 0 Å². The topological polar surface area (TPSA) is 17.8 Å². The van der Waals surface area contributed by atoms with Gasteiger partial charge in [0.15, 0.2) is 0 Å². The van der Waals surface area contributed by atoms with Gasteiger partial charge in [-0.25, -0.2) is 4.98 Å². The molecule has 0 spiro atoms. The van der Waals surface area contributed by atoms with E-state index in [1.807, 2.05) is 55.5 Å². The first-order valence-corrected chi connectivity index (χ1v) is 7.34. The smallest absolute Gasteiger partial charge is 0.145 e. The van der Waals surface area contributed by atoms with Crippen LogP contribution < -0.4 is 10.7 Å². The average molecular weight is 286 g/mol. The molecule has 0 N–H and O–H groups in total. The van der Waals surface area contributed by atoms with E-state index in [4.69, 9.17) is 4.98 Å². The molecule has 0 saturated heterocycles. The summed E-state index contributed by atoms with van der Waals surface area (Å²) in [6.45, 7) is 5.84. The van der Waals surface area contributed by atoms with E-state index in [1.165, 1.54) is 0 Å². The molecule has 0 bridgehead atoms.